The molecule has 0 saturated heterocycles. The molecule has 0 spiro atoms. The number of anilines is 1. The third-order valence-electron chi connectivity index (χ3n) is 3.21. The SMILES string of the molecule is Nc1nnn(Cc2c(F)ccc(Br)c2F)c1C1CC1. The second-order valence-electron chi connectivity index (χ2n) is 4.61. The van der Waals surface area contributed by atoms with Crippen LogP contribution in [0.3, 0.4) is 0 Å². The lowest BCUT2D eigenvalue weighted by molar-refractivity contribution is 0.518. The van der Waals surface area contributed by atoms with Gasteiger partial charge in [0.25, 0.3) is 0 Å². The van der Waals surface area contributed by atoms with Crippen LogP contribution in [0.2, 0.25) is 0 Å². The number of halogens is 3. The number of rotatable bonds is 3. The third-order valence-corrected chi connectivity index (χ3v) is 3.82. The van der Waals surface area contributed by atoms with Gasteiger partial charge in [0.05, 0.1) is 16.7 Å². The molecule has 0 aliphatic heterocycles. The molecule has 1 saturated carbocycles. The zero-order valence-electron chi connectivity index (χ0n) is 9.91. The van der Waals surface area contributed by atoms with Gasteiger partial charge in [-0.05, 0) is 40.9 Å². The van der Waals surface area contributed by atoms with Crippen LogP contribution in [0, 0.1) is 11.6 Å². The van der Waals surface area contributed by atoms with Crippen molar-refractivity contribution in [2.45, 2.75) is 25.3 Å². The van der Waals surface area contributed by atoms with Gasteiger partial charge in [0.1, 0.15) is 11.6 Å². The van der Waals surface area contributed by atoms with Crippen molar-refractivity contribution < 1.29 is 8.78 Å². The van der Waals surface area contributed by atoms with Crippen LogP contribution in [0.1, 0.15) is 30.0 Å². The zero-order valence-corrected chi connectivity index (χ0v) is 11.5. The number of hydrogen-bond acceptors (Lipinski definition) is 3. The lowest BCUT2D eigenvalue weighted by Gasteiger charge is -2.09. The number of aromatic nitrogens is 3. The second kappa shape index (κ2) is 4.56. The van der Waals surface area contributed by atoms with Crippen LogP contribution in [0.5, 0.6) is 0 Å². The first-order valence-corrected chi connectivity index (χ1v) is 6.68. The van der Waals surface area contributed by atoms with Gasteiger partial charge in [-0.15, -0.1) is 5.10 Å². The van der Waals surface area contributed by atoms with Gasteiger partial charge in [0.15, 0.2) is 5.82 Å². The van der Waals surface area contributed by atoms with E-state index < -0.39 is 11.6 Å². The van der Waals surface area contributed by atoms with Crippen molar-refractivity contribution in [1.82, 2.24) is 15.0 Å². The molecule has 1 fully saturated rings. The molecular formula is C12H11BrF2N4. The standard InChI is InChI=1S/C12H11BrF2N4/c13-8-3-4-9(14)7(10(8)15)5-19-11(6-1-2-6)12(16)17-18-19/h3-4,6H,1-2,5,16H2. The van der Waals surface area contributed by atoms with Crippen LogP contribution < -0.4 is 5.73 Å². The quantitative estimate of drug-likeness (QED) is 0.881. The Labute approximate surface area is 116 Å². The molecule has 1 aliphatic rings. The van der Waals surface area contributed by atoms with Crippen molar-refractivity contribution in [2.24, 2.45) is 0 Å². The van der Waals surface area contributed by atoms with E-state index in [-0.39, 0.29) is 16.6 Å². The van der Waals surface area contributed by atoms with Gasteiger partial charge in [-0.25, -0.2) is 13.5 Å². The van der Waals surface area contributed by atoms with E-state index in [4.69, 9.17) is 5.73 Å². The predicted octanol–water partition coefficient (Wildman–Crippen LogP) is 2.83. The number of hydrogen-bond donors (Lipinski definition) is 1. The van der Waals surface area contributed by atoms with Crippen molar-refractivity contribution in [3.8, 4) is 0 Å². The Bertz CT molecular complexity index is 637. The highest BCUT2D eigenvalue weighted by molar-refractivity contribution is 9.10. The first-order valence-electron chi connectivity index (χ1n) is 5.89. The minimum atomic E-state index is -0.615. The normalized spacial score (nSPS) is 14.9. The molecule has 1 aromatic carbocycles. The first-order chi connectivity index (χ1) is 9.08. The third kappa shape index (κ3) is 2.22. The smallest absolute Gasteiger partial charge is 0.169 e. The summed E-state index contributed by atoms with van der Waals surface area (Å²) in [7, 11) is 0. The van der Waals surface area contributed by atoms with E-state index in [2.05, 4.69) is 26.2 Å². The highest BCUT2D eigenvalue weighted by atomic mass is 79.9. The Kier molecular flexibility index (Phi) is 3.00. The molecular weight excluding hydrogens is 318 g/mol. The lowest BCUT2D eigenvalue weighted by atomic mass is 10.2. The summed E-state index contributed by atoms with van der Waals surface area (Å²) >= 11 is 3.05. The van der Waals surface area contributed by atoms with E-state index in [1.807, 2.05) is 0 Å². The Morgan fingerprint density at radius 1 is 1.37 bits per heavy atom. The number of nitrogens with two attached hydrogens (primary N) is 1. The van der Waals surface area contributed by atoms with Gasteiger partial charge in [0, 0.05) is 11.5 Å². The fourth-order valence-corrected chi connectivity index (χ4v) is 2.46. The summed E-state index contributed by atoms with van der Waals surface area (Å²) in [6.07, 6.45) is 2.03. The van der Waals surface area contributed by atoms with Crippen LogP contribution in [-0.4, -0.2) is 15.0 Å². The fourth-order valence-electron chi connectivity index (χ4n) is 2.09. The number of nitrogen functional groups attached to an aromatic ring is 1. The van der Waals surface area contributed by atoms with Gasteiger partial charge in [-0.2, -0.15) is 0 Å². The largest absolute Gasteiger partial charge is 0.381 e. The van der Waals surface area contributed by atoms with Crippen molar-refractivity contribution in [2.75, 3.05) is 5.73 Å². The highest BCUT2D eigenvalue weighted by Crippen LogP contribution is 2.42. The minimum Gasteiger partial charge on any atom is -0.381 e. The molecule has 1 aliphatic carbocycles. The van der Waals surface area contributed by atoms with Crippen molar-refractivity contribution >= 4 is 21.7 Å². The van der Waals surface area contributed by atoms with Crippen LogP contribution >= 0.6 is 15.9 Å². The van der Waals surface area contributed by atoms with Crippen LogP contribution in [0.15, 0.2) is 16.6 Å². The number of benzene rings is 1. The van der Waals surface area contributed by atoms with E-state index in [9.17, 15) is 8.78 Å². The molecule has 1 aromatic heterocycles. The minimum absolute atomic E-state index is 0.00681. The lowest BCUT2D eigenvalue weighted by Crippen LogP contribution is -2.10. The van der Waals surface area contributed by atoms with Gasteiger partial charge in [-0.1, -0.05) is 5.21 Å². The topological polar surface area (TPSA) is 56.7 Å². The van der Waals surface area contributed by atoms with E-state index in [0.717, 1.165) is 18.5 Å². The number of nitrogens with zero attached hydrogens (tertiary/aromatic N) is 3. The van der Waals surface area contributed by atoms with Crippen LogP contribution in [-0.2, 0) is 6.54 Å². The Morgan fingerprint density at radius 3 is 2.79 bits per heavy atom. The van der Waals surface area contributed by atoms with Gasteiger partial charge < -0.3 is 5.73 Å². The fraction of sp³-hybridized carbons (Fsp3) is 0.333. The molecule has 19 heavy (non-hydrogen) atoms. The maximum Gasteiger partial charge on any atom is 0.169 e. The molecule has 1 heterocycles. The predicted molar refractivity (Wildman–Crippen MR) is 69.6 cm³/mol. The summed E-state index contributed by atoms with van der Waals surface area (Å²) in [6.45, 7) is -0.00681. The average molecular weight is 329 g/mol. The monoisotopic (exact) mass is 328 g/mol. The van der Waals surface area contributed by atoms with E-state index in [1.54, 1.807) is 0 Å². The van der Waals surface area contributed by atoms with Crippen molar-refractivity contribution in [3.63, 3.8) is 0 Å². The molecule has 0 radical (unpaired) electrons. The summed E-state index contributed by atoms with van der Waals surface area (Å²) in [5.41, 5.74) is 6.49. The van der Waals surface area contributed by atoms with E-state index >= 15 is 0 Å². The Hall–Kier alpha value is -1.50. The summed E-state index contributed by atoms with van der Waals surface area (Å²) in [5.74, 6) is -0.557. The molecule has 2 aromatic rings. The Morgan fingerprint density at radius 2 is 2.11 bits per heavy atom. The maximum atomic E-state index is 13.9. The van der Waals surface area contributed by atoms with Crippen LogP contribution in [0.25, 0.3) is 0 Å². The summed E-state index contributed by atoms with van der Waals surface area (Å²) in [5, 5.41) is 7.67. The van der Waals surface area contributed by atoms with Gasteiger partial charge >= 0.3 is 0 Å². The van der Waals surface area contributed by atoms with E-state index in [1.165, 1.54) is 16.8 Å². The molecule has 7 heteroatoms. The van der Waals surface area contributed by atoms with Gasteiger partial charge in [-0.3, -0.25) is 0 Å². The maximum absolute atomic E-state index is 13.9. The first kappa shape index (κ1) is 12.5. The summed E-state index contributed by atoms with van der Waals surface area (Å²) < 4.78 is 29.4. The summed E-state index contributed by atoms with van der Waals surface area (Å²) in [4.78, 5) is 0. The van der Waals surface area contributed by atoms with E-state index in [0.29, 0.717) is 11.7 Å². The zero-order chi connectivity index (χ0) is 13.6. The molecule has 3 rings (SSSR count). The molecule has 4 nitrogen and oxygen atoms in total. The molecule has 0 atom stereocenters. The van der Waals surface area contributed by atoms with Crippen LogP contribution in [0.4, 0.5) is 14.6 Å². The molecule has 2 N–H and O–H groups in total. The molecule has 0 amide bonds. The van der Waals surface area contributed by atoms with Crippen molar-refractivity contribution in [1.29, 1.82) is 0 Å². The molecule has 100 valence electrons. The average Bonchev–Trinajstić information content (AvgIpc) is 3.15. The molecule has 0 unspecified atom stereocenters. The second-order valence-corrected chi connectivity index (χ2v) is 5.47. The summed E-state index contributed by atoms with van der Waals surface area (Å²) in [6, 6.07) is 2.56. The highest BCUT2D eigenvalue weighted by Gasteiger charge is 2.31. The van der Waals surface area contributed by atoms with Crippen molar-refractivity contribution in [3.05, 3.63) is 39.5 Å². The molecule has 0 bridgehead atoms. The Balaban J connectivity index is 2.00. The van der Waals surface area contributed by atoms with Gasteiger partial charge in [0.2, 0.25) is 0 Å².